The number of rotatable bonds is 8. The topological polar surface area (TPSA) is 75.0 Å². The standard InChI is InChI=1S/C52H41N5O2.2Pt/c1-51(2,3)38-25-36(26-39(29-38)52(4,5)6)37-32-55-50(56-33-37)57-48-30-42(58-40-15-11-13-34(27-40)46-17-7-9-23-53-46)19-21-44(48)45-22-20-43(31-49(45)57)59-41-16-12-14-35(28-41)47-18-8-10-24-54-47;;/h7-26,29,32-33H,1-6H3;;/q-4;2*+2. The average molecular weight is 1160 g/mol. The van der Waals surface area contributed by atoms with Crippen LogP contribution in [0.4, 0.5) is 0 Å². The molecule has 0 fully saturated rings. The van der Waals surface area contributed by atoms with Gasteiger partial charge in [0.15, 0.2) is 0 Å². The van der Waals surface area contributed by atoms with E-state index < -0.39 is 0 Å². The van der Waals surface area contributed by atoms with Gasteiger partial charge < -0.3 is 24.0 Å². The molecule has 0 amide bonds. The second-order valence-corrected chi connectivity index (χ2v) is 16.6. The molecule has 0 N–H and O–H groups in total. The molecule has 9 heteroatoms. The summed E-state index contributed by atoms with van der Waals surface area (Å²) >= 11 is 0. The zero-order valence-electron chi connectivity index (χ0n) is 34.5. The van der Waals surface area contributed by atoms with Gasteiger partial charge in [-0.3, -0.25) is 0 Å². The van der Waals surface area contributed by atoms with E-state index in [9.17, 15) is 0 Å². The number of ether oxygens (including phenoxy) is 2. The SMILES string of the molecule is CC(C)(C)c1cc(-c2cnc(-n3c4[c-]c(Oc5[c-]c(-c6ccccn6)ccc5)ccc4c4ccc(Oc5[c-]c(-c6ccccn6)ccc5)[c-]c43)nc2)cc(C(C)(C)C)c1.[Pt+2].[Pt+2]. The summed E-state index contributed by atoms with van der Waals surface area (Å²) in [4.78, 5) is 19.0. The molecule has 0 atom stereocenters. The van der Waals surface area contributed by atoms with Crippen LogP contribution >= 0.6 is 0 Å². The van der Waals surface area contributed by atoms with Crippen molar-refractivity contribution < 1.29 is 51.6 Å². The average Bonchev–Trinajstić information content (AvgIpc) is 3.56. The summed E-state index contributed by atoms with van der Waals surface area (Å²) < 4.78 is 14.8. The molecule has 0 spiro atoms. The second-order valence-electron chi connectivity index (χ2n) is 16.6. The first-order valence-electron chi connectivity index (χ1n) is 19.6. The Kier molecular flexibility index (Phi) is 12.6. The van der Waals surface area contributed by atoms with Crippen molar-refractivity contribution in [3.8, 4) is 62.6 Å². The number of hydrogen-bond donors (Lipinski definition) is 0. The van der Waals surface area contributed by atoms with Gasteiger partial charge in [0.05, 0.1) is 0 Å². The van der Waals surface area contributed by atoms with Gasteiger partial charge in [0, 0.05) is 53.3 Å². The minimum Gasteiger partial charge on any atom is -0.503 e. The molecule has 5 aromatic carbocycles. The number of aromatic nitrogens is 5. The van der Waals surface area contributed by atoms with Gasteiger partial charge in [0.1, 0.15) is 0 Å². The van der Waals surface area contributed by atoms with Crippen LogP contribution in [0.5, 0.6) is 23.0 Å². The number of benzene rings is 5. The van der Waals surface area contributed by atoms with Crippen molar-refractivity contribution in [3.63, 3.8) is 0 Å². The molecule has 306 valence electrons. The van der Waals surface area contributed by atoms with Crippen molar-refractivity contribution in [2.24, 2.45) is 0 Å². The molecule has 9 aromatic rings. The quantitative estimate of drug-likeness (QED) is 0.141. The molecule has 0 saturated heterocycles. The van der Waals surface area contributed by atoms with E-state index in [1.165, 1.54) is 11.1 Å². The third-order valence-electron chi connectivity index (χ3n) is 10.2. The van der Waals surface area contributed by atoms with Crippen LogP contribution < -0.4 is 9.47 Å². The van der Waals surface area contributed by atoms with Gasteiger partial charge in [-0.05, 0) is 51.0 Å². The van der Waals surface area contributed by atoms with E-state index in [0.717, 1.165) is 55.4 Å². The molecular formula is C52H41N5O2Pt2. The van der Waals surface area contributed by atoms with E-state index in [1.807, 2.05) is 114 Å². The molecular weight excluding hydrogens is 1120 g/mol. The predicted octanol–water partition coefficient (Wildman–Crippen LogP) is 12.7. The molecule has 0 saturated carbocycles. The fourth-order valence-electron chi connectivity index (χ4n) is 6.99. The third-order valence-corrected chi connectivity index (χ3v) is 10.2. The van der Waals surface area contributed by atoms with Crippen molar-refractivity contribution in [1.82, 2.24) is 24.5 Å². The van der Waals surface area contributed by atoms with Gasteiger partial charge >= 0.3 is 42.1 Å². The number of nitrogens with zero attached hydrogens (tertiary/aromatic N) is 5. The van der Waals surface area contributed by atoms with Gasteiger partial charge in [-0.15, -0.1) is 71.8 Å². The Balaban J connectivity index is 0.00000281. The van der Waals surface area contributed by atoms with E-state index in [1.54, 1.807) is 12.4 Å². The van der Waals surface area contributed by atoms with Crippen molar-refractivity contribution in [2.75, 3.05) is 0 Å². The summed E-state index contributed by atoms with van der Waals surface area (Å²) in [6.07, 6.45) is 7.32. The molecule has 61 heavy (non-hydrogen) atoms. The first-order valence-corrected chi connectivity index (χ1v) is 19.6. The van der Waals surface area contributed by atoms with Crippen LogP contribution in [-0.2, 0) is 53.0 Å². The maximum absolute atomic E-state index is 6.40. The summed E-state index contributed by atoms with van der Waals surface area (Å²) in [5.41, 5.74) is 9.23. The van der Waals surface area contributed by atoms with Gasteiger partial charge in [-0.1, -0.05) is 107 Å². The minimum atomic E-state index is -0.0277. The molecule has 4 heterocycles. The van der Waals surface area contributed by atoms with Gasteiger partial charge in [0.25, 0.3) is 0 Å². The summed E-state index contributed by atoms with van der Waals surface area (Å²) in [7, 11) is 0. The number of pyridine rings is 2. The second kappa shape index (κ2) is 17.7. The number of hydrogen-bond acceptors (Lipinski definition) is 6. The Morgan fingerprint density at radius 3 is 1.34 bits per heavy atom. The van der Waals surface area contributed by atoms with Gasteiger partial charge in [-0.2, -0.15) is 22.9 Å². The van der Waals surface area contributed by atoms with Gasteiger partial charge in [-0.25, -0.2) is 9.97 Å². The van der Waals surface area contributed by atoms with Crippen LogP contribution in [0, 0.1) is 24.3 Å². The molecule has 0 aliphatic carbocycles. The van der Waals surface area contributed by atoms with Crippen molar-refractivity contribution >= 4 is 21.8 Å². The van der Waals surface area contributed by atoms with E-state index >= 15 is 0 Å². The third kappa shape index (κ3) is 9.29. The Bertz CT molecular complexity index is 2780. The van der Waals surface area contributed by atoms with Crippen molar-refractivity contribution in [2.45, 2.75) is 52.4 Å². The summed E-state index contributed by atoms with van der Waals surface area (Å²) in [6, 6.07) is 51.6. The van der Waals surface area contributed by atoms with E-state index in [0.29, 0.717) is 28.9 Å². The van der Waals surface area contributed by atoms with E-state index in [-0.39, 0.29) is 53.0 Å². The first kappa shape index (κ1) is 43.3. The maximum Gasteiger partial charge on any atom is 2.00 e. The minimum absolute atomic E-state index is 0. The normalized spacial score (nSPS) is 11.5. The molecule has 4 aromatic heterocycles. The molecule has 9 rings (SSSR count). The van der Waals surface area contributed by atoms with Crippen LogP contribution in [0.2, 0.25) is 0 Å². The first-order chi connectivity index (χ1) is 28.5. The van der Waals surface area contributed by atoms with Crippen molar-refractivity contribution in [3.05, 3.63) is 175 Å². The Morgan fingerprint density at radius 1 is 0.459 bits per heavy atom. The fraction of sp³-hybridized carbons (Fsp3) is 0.154. The van der Waals surface area contributed by atoms with Crippen LogP contribution in [0.1, 0.15) is 52.7 Å². The van der Waals surface area contributed by atoms with Crippen molar-refractivity contribution in [1.29, 1.82) is 0 Å². The molecule has 0 bridgehead atoms. The smallest absolute Gasteiger partial charge is 0.503 e. The van der Waals surface area contributed by atoms with Gasteiger partial charge in [0.2, 0.25) is 5.95 Å². The summed E-state index contributed by atoms with van der Waals surface area (Å²) in [5, 5.41) is 1.87. The Hall–Kier alpha value is -5.74. The van der Waals surface area contributed by atoms with Crippen LogP contribution in [0.15, 0.2) is 140 Å². The van der Waals surface area contributed by atoms with Crippen LogP contribution in [0.3, 0.4) is 0 Å². The molecule has 7 nitrogen and oxygen atoms in total. The summed E-state index contributed by atoms with van der Waals surface area (Å²) in [5.74, 6) is 2.58. The Morgan fingerprint density at radius 2 is 0.918 bits per heavy atom. The zero-order valence-corrected chi connectivity index (χ0v) is 39.0. The largest absolute Gasteiger partial charge is 2.00 e. The monoisotopic (exact) mass is 1160 g/mol. The Labute approximate surface area is 385 Å². The fourth-order valence-corrected chi connectivity index (χ4v) is 6.99. The molecule has 0 radical (unpaired) electrons. The zero-order chi connectivity index (χ0) is 40.7. The predicted molar refractivity (Wildman–Crippen MR) is 234 cm³/mol. The summed E-state index contributed by atoms with van der Waals surface area (Å²) in [6.45, 7) is 13.5. The molecule has 0 aliphatic rings. The maximum atomic E-state index is 6.40. The molecule has 0 unspecified atom stereocenters. The van der Waals surface area contributed by atoms with Crippen LogP contribution in [0.25, 0.3) is 61.4 Å². The van der Waals surface area contributed by atoms with Crippen LogP contribution in [-0.4, -0.2) is 24.5 Å². The van der Waals surface area contributed by atoms with E-state index in [4.69, 9.17) is 19.4 Å². The van der Waals surface area contributed by atoms with E-state index in [2.05, 4.69) is 94.0 Å². The molecule has 0 aliphatic heterocycles. The number of fused-ring (bicyclic) bond motifs is 3.